The minimum Gasteiger partial charge on any atom is -0.489 e. The number of aliphatic carboxylic acids is 1. The van der Waals surface area contributed by atoms with E-state index in [0.29, 0.717) is 5.56 Å². The Hall–Kier alpha value is -2.02. The quantitative estimate of drug-likeness (QED) is 0.739. The van der Waals surface area contributed by atoms with Gasteiger partial charge < -0.3 is 9.84 Å². The average Bonchev–Trinajstić information content (AvgIpc) is 2.83. The summed E-state index contributed by atoms with van der Waals surface area (Å²) in [5, 5.41) is 17.6. The number of carboxylic acids is 1. The van der Waals surface area contributed by atoms with Gasteiger partial charge in [-0.15, -0.1) is 0 Å². The highest BCUT2D eigenvalue weighted by Gasteiger charge is 2.62. The van der Waals surface area contributed by atoms with Crippen LogP contribution in [0.15, 0.2) is 18.2 Å². The summed E-state index contributed by atoms with van der Waals surface area (Å²) in [6.45, 7) is 0. The fourth-order valence-corrected chi connectivity index (χ4v) is 2.23. The standard InChI is InChI=1S/C11H7NO3/c12-4-5-1-2-7-6(3-5)8-9(11(13)14)10(8)15-7/h1-3,8-10H,(H,13,14)/t8-,9-,10-/m0/s1. The van der Waals surface area contributed by atoms with Crippen LogP contribution >= 0.6 is 0 Å². The van der Waals surface area contributed by atoms with Crippen molar-refractivity contribution in [3.63, 3.8) is 0 Å². The van der Waals surface area contributed by atoms with Crippen LogP contribution in [0.4, 0.5) is 0 Å². The first-order valence-electron chi connectivity index (χ1n) is 4.66. The number of rotatable bonds is 1. The third-order valence-electron chi connectivity index (χ3n) is 3.00. The van der Waals surface area contributed by atoms with Gasteiger partial charge in [-0.2, -0.15) is 5.26 Å². The lowest BCUT2D eigenvalue weighted by atomic mass is 10.1. The molecule has 0 spiro atoms. The third kappa shape index (κ3) is 0.975. The van der Waals surface area contributed by atoms with Crippen LogP contribution < -0.4 is 4.74 Å². The molecular formula is C11H7NO3. The summed E-state index contributed by atoms with van der Waals surface area (Å²) >= 11 is 0. The largest absolute Gasteiger partial charge is 0.489 e. The van der Waals surface area contributed by atoms with Crippen molar-refractivity contribution in [1.29, 1.82) is 5.26 Å². The topological polar surface area (TPSA) is 70.3 Å². The zero-order valence-electron chi connectivity index (χ0n) is 7.68. The molecule has 1 N–H and O–H groups in total. The van der Waals surface area contributed by atoms with Crippen LogP contribution in [0.2, 0.25) is 0 Å². The molecule has 0 unspecified atom stereocenters. The fourth-order valence-electron chi connectivity index (χ4n) is 2.23. The lowest BCUT2D eigenvalue weighted by molar-refractivity contribution is -0.139. The van der Waals surface area contributed by atoms with E-state index in [-0.39, 0.29) is 12.0 Å². The number of hydrogen-bond donors (Lipinski definition) is 1. The molecule has 1 saturated carbocycles. The van der Waals surface area contributed by atoms with Gasteiger partial charge in [0.1, 0.15) is 17.8 Å². The number of fused-ring (bicyclic) bond motifs is 3. The van der Waals surface area contributed by atoms with Gasteiger partial charge in [0.05, 0.1) is 11.6 Å². The summed E-state index contributed by atoms with van der Waals surface area (Å²) < 4.78 is 5.46. The summed E-state index contributed by atoms with van der Waals surface area (Å²) in [5.41, 5.74) is 1.42. The van der Waals surface area contributed by atoms with E-state index < -0.39 is 11.9 Å². The summed E-state index contributed by atoms with van der Waals surface area (Å²) in [6, 6.07) is 7.18. The average molecular weight is 201 g/mol. The van der Waals surface area contributed by atoms with Crippen molar-refractivity contribution in [2.24, 2.45) is 5.92 Å². The van der Waals surface area contributed by atoms with Crippen molar-refractivity contribution >= 4 is 5.97 Å². The second kappa shape index (κ2) is 2.51. The first-order chi connectivity index (χ1) is 7.22. The summed E-state index contributed by atoms with van der Waals surface area (Å²) in [5.74, 6) is -0.572. The number of hydrogen-bond acceptors (Lipinski definition) is 3. The minimum absolute atomic E-state index is 0.0502. The van der Waals surface area contributed by atoms with E-state index >= 15 is 0 Å². The third-order valence-corrected chi connectivity index (χ3v) is 3.00. The van der Waals surface area contributed by atoms with Crippen molar-refractivity contribution in [1.82, 2.24) is 0 Å². The van der Waals surface area contributed by atoms with Crippen LogP contribution in [-0.2, 0) is 4.79 Å². The minimum atomic E-state index is -0.821. The monoisotopic (exact) mass is 201 g/mol. The van der Waals surface area contributed by atoms with Gasteiger partial charge in [-0.25, -0.2) is 0 Å². The number of ether oxygens (including phenoxy) is 1. The second-order valence-corrected chi connectivity index (χ2v) is 3.84. The molecule has 4 heteroatoms. The maximum absolute atomic E-state index is 10.8. The molecule has 1 aliphatic heterocycles. The van der Waals surface area contributed by atoms with Crippen molar-refractivity contribution in [3.8, 4) is 11.8 Å². The van der Waals surface area contributed by atoms with Crippen LogP contribution in [0.3, 0.4) is 0 Å². The molecule has 4 nitrogen and oxygen atoms in total. The Labute approximate surface area is 85.7 Å². The van der Waals surface area contributed by atoms with E-state index in [1.54, 1.807) is 18.2 Å². The van der Waals surface area contributed by atoms with Crippen molar-refractivity contribution in [2.75, 3.05) is 0 Å². The number of carboxylic acid groups (broad SMARTS) is 1. The van der Waals surface area contributed by atoms with Gasteiger partial charge in [0.25, 0.3) is 0 Å². The SMILES string of the molecule is N#Cc1ccc2c(c1)[C@@H]1[C@H](O2)[C@H]1C(=O)O. The maximum Gasteiger partial charge on any atom is 0.311 e. The molecule has 2 aliphatic rings. The summed E-state index contributed by atoms with van der Waals surface area (Å²) in [6.07, 6.45) is -0.216. The normalized spacial score (nSPS) is 29.7. The van der Waals surface area contributed by atoms with Crippen molar-refractivity contribution in [2.45, 2.75) is 12.0 Å². The smallest absolute Gasteiger partial charge is 0.311 e. The highest BCUT2D eigenvalue weighted by atomic mass is 16.5. The Balaban J connectivity index is 2.01. The summed E-state index contributed by atoms with van der Waals surface area (Å²) in [4.78, 5) is 10.8. The Morgan fingerprint density at radius 1 is 1.53 bits per heavy atom. The first-order valence-corrected chi connectivity index (χ1v) is 4.66. The number of carbonyl (C=O) groups is 1. The molecule has 0 bridgehead atoms. The molecular weight excluding hydrogens is 194 g/mol. The van der Waals surface area contributed by atoms with E-state index in [1.807, 2.05) is 6.07 Å². The van der Waals surface area contributed by atoms with Crippen molar-refractivity contribution < 1.29 is 14.6 Å². The molecule has 3 atom stereocenters. The molecule has 0 amide bonds. The second-order valence-electron chi connectivity index (χ2n) is 3.84. The van der Waals surface area contributed by atoms with E-state index in [0.717, 1.165) is 11.3 Å². The predicted octanol–water partition coefficient (Wildman–Crippen LogP) is 1.12. The maximum atomic E-state index is 10.8. The van der Waals surface area contributed by atoms with Gasteiger partial charge >= 0.3 is 5.97 Å². The molecule has 1 heterocycles. The Morgan fingerprint density at radius 2 is 2.33 bits per heavy atom. The highest BCUT2D eigenvalue weighted by Crippen LogP contribution is 2.58. The zero-order valence-corrected chi connectivity index (χ0v) is 7.68. The molecule has 0 aromatic heterocycles. The van der Waals surface area contributed by atoms with E-state index in [9.17, 15) is 4.79 Å². The molecule has 1 aliphatic carbocycles. The molecule has 15 heavy (non-hydrogen) atoms. The van der Waals surface area contributed by atoms with Crippen LogP contribution in [-0.4, -0.2) is 17.2 Å². The van der Waals surface area contributed by atoms with Gasteiger partial charge in [0.2, 0.25) is 0 Å². The summed E-state index contributed by atoms with van der Waals surface area (Å²) in [7, 11) is 0. The molecule has 1 aromatic carbocycles. The van der Waals surface area contributed by atoms with Crippen LogP contribution in [0.25, 0.3) is 0 Å². The molecule has 3 rings (SSSR count). The Kier molecular flexibility index (Phi) is 1.39. The molecule has 1 fully saturated rings. The molecule has 74 valence electrons. The van der Waals surface area contributed by atoms with E-state index in [1.165, 1.54) is 0 Å². The Morgan fingerprint density at radius 3 is 3.00 bits per heavy atom. The van der Waals surface area contributed by atoms with Crippen LogP contribution in [0, 0.1) is 17.2 Å². The van der Waals surface area contributed by atoms with Crippen LogP contribution in [0.1, 0.15) is 17.0 Å². The van der Waals surface area contributed by atoms with Gasteiger partial charge in [0, 0.05) is 11.5 Å². The number of nitriles is 1. The molecule has 0 radical (unpaired) electrons. The lowest BCUT2D eigenvalue weighted by Crippen LogP contribution is -2.08. The number of benzene rings is 1. The van der Waals surface area contributed by atoms with Crippen LogP contribution in [0.5, 0.6) is 5.75 Å². The van der Waals surface area contributed by atoms with E-state index in [2.05, 4.69) is 0 Å². The van der Waals surface area contributed by atoms with Crippen molar-refractivity contribution in [3.05, 3.63) is 29.3 Å². The van der Waals surface area contributed by atoms with Gasteiger partial charge in [-0.1, -0.05) is 0 Å². The van der Waals surface area contributed by atoms with Gasteiger partial charge in [-0.3, -0.25) is 4.79 Å². The molecule has 0 saturated heterocycles. The van der Waals surface area contributed by atoms with E-state index in [4.69, 9.17) is 15.1 Å². The fraction of sp³-hybridized carbons (Fsp3) is 0.273. The zero-order chi connectivity index (χ0) is 10.6. The van der Waals surface area contributed by atoms with Gasteiger partial charge in [-0.05, 0) is 18.2 Å². The first kappa shape index (κ1) is 8.30. The molecule has 1 aromatic rings. The Bertz CT molecular complexity index is 503. The highest BCUT2D eigenvalue weighted by molar-refractivity contribution is 5.79. The lowest BCUT2D eigenvalue weighted by Gasteiger charge is -2.05. The number of nitrogens with zero attached hydrogens (tertiary/aromatic N) is 1. The predicted molar refractivity (Wildman–Crippen MR) is 49.4 cm³/mol. The van der Waals surface area contributed by atoms with Gasteiger partial charge in [0.15, 0.2) is 0 Å².